The van der Waals surface area contributed by atoms with E-state index in [0.717, 1.165) is 16.9 Å². The summed E-state index contributed by atoms with van der Waals surface area (Å²) in [6.07, 6.45) is 0. The number of carboxylic acid groups (broad SMARTS) is 1. The van der Waals surface area contributed by atoms with E-state index >= 15 is 0 Å². The lowest BCUT2D eigenvalue weighted by Crippen LogP contribution is -2.13. The van der Waals surface area contributed by atoms with Crippen molar-refractivity contribution in [2.75, 3.05) is 0 Å². The highest BCUT2D eigenvalue weighted by Gasteiger charge is 2.09. The predicted molar refractivity (Wildman–Crippen MR) is 75.5 cm³/mol. The topological polar surface area (TPSA) is 62.2 Å². The summed E-state index contributed by atoms with van der Waals surface area (Å²) in [4.78, 5) is 14.7. The molecular weight excluding hydrogens is 279 g/mol. The fourth-order valence-corrected chi connectivity index (χ4v) is 2.61. The van der Waals surface area contributed by atoms with E-state index in [0.29, 0.717) is 29.9 Å². The van der Waals surface area contributed by atoms with Gasteiger partial charge in [0.1, 0.15) is 5.82 Å². The van der Waals surface area contributed by atoms with Crippen LogP contribution in [0.3, 0.4) is 0 Å². The van der Waals surface area contributed by atoms with Gasteiger partial charge in [0, 0.05) is 18.5 Å². The maximum atomic E-state index is 13.5. The summed E-state index contributed by atoms with van der Waals surface area (Å²) in [6.45, 7) is 4.55. The number of hydrogen-bond donors (Lipinski definition) is 2. The van der Waals surface area contributed by atoms with E-state index in [4.69, 9.17) is 5.11 Å². The van der Waals surface area contributed by atoms with E-state index in [2.05, 4.69) is 10.3 Å². The maximum Gasteiger partial charge on any atom is 0.365 e. The Hall–Kier alpha value is -1.79. The quantitative estimate of drug-likeness (QED) is 0.890. The highest BCUT2D eigenvalue weighted by Crippen LogP contribution is 2.15. The zero-order valence-corrected chi connectivity index (χ0v) is 12.1. The third-order valence-corrected chi connectivity index (χ3v) is 3.75. The highest BCUT2D eigenvalue weighted by atomic mass is 32.1. The molecule has 0 radical (unpaired) electrons. The third-order valence-electron chi connectivity index (χ3n) is 2.87. The fraction of sp³-hybridized carbons (Fsp3) is 0.286. The zero-order valence-electron chi connectivity index (χ0n) is 11.2. The number of hydrogen-bond acceptors (Lipinski definition) is 4. The number of aryl methyl sites for hydroxylation is 2. The average molecular weight is 294 g/mol. The molecule has 0 amide bonds. The largest absolute Gasteiger partial charge is 0.476 e. The van der Waals surface area contributed by atoms with Gasteiger partial charge in [-0.05, 0) is 30.5 Å². The molecule has 1 aromatic carbocycles. The first-order chi connectivity index (χ1) is 9.47. The molecule has 20 heavy (non-hydrogen) atoms. The van der Waals surface area contributed by atoms with Crippen LogP contribution in [0.5, 0.6) is 0 Å². The van der Waals surface area contributed by atoms with E-state index in [1.165, 1.54) is 0 Å². The lowest BCUT2D eigenvalue weighted by molar-refractivity contribution is 0.0696. The molecule has 0 atom stereocenters. The smallest absolute Gasteiger partial charge is 0.365 e. The Morgan fingerprint density at radius 1 is 1.35 bits per heavy atom. The first kappa shape index (κ1) is 14.6. The van der Waals surface area contributed by atoms with E-state index < -0.39 is 5.97 Å². The summed E-state index contributed by atoms with van der Waals surface area (Å²) in [5, 5.41) is 13.8. The molecule has 2 N–H and O–H groups in total. The second kappa shape index (κ2) is 6.11. The number of halogens is 1. The Morgan fingerprint density at radius 2 is 2.00 bits per heavy atom. The first-order valence-corrected chi connectivity index (χ1v) is 6.99. The number of thiazole rings is 1. The van der Waals surface area contributed by atoms with Gasteiger partial charge in [-0.15, -0.1) is 11.3 Å². The Bertz CT molecular complexity index is 617. The molecule has 0 saturated heterocycles. The molecule has 0 bridgehead atoms. The summed E-state index contributed by atoms with van der Waals surface area (Å²) >= 11 is 1.11. The van der Waals surface area contributed by atoms with Crippen molar-refractivity contribution >= 4 is 17.3 Å². The second-order valence-corrected chi connectivity index (χ2v) is 5.45. The molecule has 0 fully saturated rings. The molecule has 106 valence electrons. The van der Waals surface area contributed by atoms with Gasteiger partial charge in [0.05, 0.1) is 5.69 Å². The Balaban J connectivity index is 1.94. The molecular formula is C14H15FN2O2S. The molecule has 2 rings (SSSR count). The van der Waals surface area contributed by atoms with Crippen LogP contribution in [-0.2, 0) is 13.1 Å². The minimum absolute atomic E-state index is 0.0928. The van der Waals surface area contributed by atoms with Crippen LogP contribution < -0.4 is 5.32 Å². The zero-order chi connectivity index (χ0) is 14.7. The van der Waals surface area contributed by atoms with Gasteiger partial charge in [-0.1, -0.05) is 12.1 Å². The lowest BCUT2D eigenvalue weighted by Gasteiger charge is -2.07. The van der Waals surface area contributed by atoms with Crippen LogP contribution in [0.4, 0.5) is 4.39 Å². The Kier molecular flexibility index (Phi) is 4.46. The summed E-state index contributed by atoms with van der Waals surface area (Å²) in [7, 11) is 0. The van der Waals surface area contributed by atoms with Crippen molar-refractivity contribution < 1.29 is 14.3 Å². The van der Waals surface area contributed by atoms with Crippen molar-refractivity contribution in [1.82, 2.24) is 10.3 Å². The number of carbonyl (C=O) groups is 1. The monoisotopic (exact) mass is 294 g/mol. The van der Waals surface area contributed by atoms with Gasteiger partial charge in [0.25, 0.3) is 0 Å². The van der Waals surface area contributed by atoms with E-state index in [9.17, 15) is 9.18 Å². The molecule has 0 aliphatic heterocycles. The van der Waals surface area contributed by atoms with Crippen LogP contribution in [0.2, 0.25) is 0 Å². The number of carboxylic acids is 1. The van der Waals surface area contributed by atoms with Crippen molar-refractivity contribution in [2.45, 2.75) is 26.9 Å². The molecule has 1 aromatic heterocycles. The van der Waals surface area contributed by atoms with Gasteiger partial charge in [0.15, 0.2) is 0 Å². The predicted octanol–water partition coefficient (Wildman–Crippen LogP) is 2.89. The molecule has 0 unspecified atom stereocenters. The summed E-state index contributed by atoms with van der Waals surface area (Å²) in [6, 6.07) is 3.61. The third kappa shape index (κ3) is 3.40. The van der Waals surface area contributed by atoms with Crippen LogP contribution in [-0.4, -0.2) is 16.1 Å². The molecule has 0 aliphatic rings. The lowest BCUT2D eigenvalue weighted by atomic mass is 10.1. The van der Waals surface area contributed by atoms with E-state index in [1.807, 2.05) is 0 Å². The minimum Gasteiger partial charge on any atom is -0.476 e. The standard InChI is InChI=1S/C14H15FN2O2S/c1-8-3-10(4-9(2)12(8)15)5-16-6-11-7-20-13(17-11)14(18)19/h3-4,7,16H,5-6H2,1-2H3,(H,18,19). The van der Waals surface area contributed by atoms with Gasteiger partial charge in [0.2, 0.25) is 5.01 Å². The highest BCUT2D eigenvalue weighted by molar-refractivity contribution is 7.11. The van der Waals surface area contributed by atoms with Gasteiger partial charge in [-0.2, -0.15) is 0 Å². The first-order valence-electron chi connectivity index (χ1n) is 6.11. The van der Waals surface area contributed by atoms with Crippen molar-refractivity contribution in [1.29, 1.82) is 0 Å². The van der Waals surface area contributed by atoms with Crippen molar-refractivity contribution in [2.24, 2.45) is 0 Å². The molecule has 0 aliphatic carbocycles. The van der Waals surface area contributed by atoms with Gasteiger partial charge in [-0.25, -0.2) is 14.2 Å². The number of benzene rings is 1. The number of nitrogens with one attached hydrogen (secondary N) is 1. The van der Waals surface area contributed by atoms with Crippen LogP contribution in [0.25, 0.3) is 0 Å². The fourth-order valence-electron chi connectivity index (χ4n) is 1.96. The molecule has 0 spiro atoms. The molecule has 0 saturated carbocycles. The average Bonchev–Trinajstić information content (AvgIpc) is 2.85. The number of rotatable bonds is 5. The SMILES string of the molecule is Cc1cc(CNCc2csc(C(=O)O)n2)cc(C)c1F. The van der Waals surface area contributed by atoms with E-state index in [-0.39, 0.29) is 10.8 Å². The molecule has 6 heteroatoms. The number of aromatic carboxylic acids is 1. The van der Waals surface area contributed by atoms with Gasteiger partial charge >= 0.3 is 5.97 Å². The summed E-state index contributed by atoms with van der Waals surface area (Å²) in [5.74, 6) is -1.18. The van der Waals surface area contributed by atoms with Crippen molar-refractivity contribution in [3.05, 3.63) is 50.7 Å². The van der Waals surface area contributed by atoms with E-state index in [1.54, 1.807) is 31.4 Å². The van der Waals surface area contributed by atoms with Crippen molar-refractivity contribution in [3.8, 4) is 0 Å². The minimum atomic E-state index is -1.01. The van der Waals surface area contributed by atoms with Gasteiger partial charge in [-0.3, -0.25) is 0 Å². The Morgan fingerprint density at radius 3 is 2.55 bits per heavy atom. The van der Waals surface area contributed by atoms with Crippen molar-refractivity contribution in [3.63, 3.8) is 0 Å². The molecule has 2 aromatic rings. The normalized spacial score (nSPS) is 10.8. The Labute approximate surface area is 120 Å². The van der Waals surface area contributed by atoms with Crippen LogP contribution in [0, 0.1) is 19.7 Å². The van der Waals surface area contributed by atoms with Crippen LogP contribution in [0.15, 0.2) is 17.5 Å². The summed E-state index contributed by atoms with van der Waals surface area (Å²) in [5.41, 5.74) is 2.95. The number of aromatic nitrogens is 1. The molecule has 4 nitrogen and oxygen atoms in total. The molecule has 1 heterocycles. The second-order valence-electron chi connectivity index (χ2n) is 4.60. The maximum absolute atomic E-state index is 13.5. The van der Waals surface area contributed by atoms with Crippen LogP contribution in [0.1, 0.15) is 32.2 Å². The van der Waals surface area contributed by atoms with Gasteiger partial charge < -0.3 is 10.4 Å². The number of nitrogens with zero attached hydrogens (tertiary/aromatic N) is 1. The summed E-state index contributed by atoms with van der Waals surface area (Å²) < 4.78 is 13.5. The van der Waals surface area contributed by atoms with Crippen LogP contribution >= 0.6 is 11.3 Å².